The molecule has 0 bridgehead atoms. The van der Waals surface area contributed by atoms with Crippen LogP contribution < -0.4 is 0 Å². The molecule has 1 aliphatic heterocycles. The van der Waals surface area contributed by atoms with E-state index < -0.39 is 0 Å². The van der Waals surface area contributed by atoms with Crippen LogP contribution in [-0.4, -0.2) is 23.1 Å². The molecule has 0 unspecified atom stereocenters. The van der Waals surface area contributed by atoms with Gasteiger partial charge < -0.3 is 9.69 Å². The summed E-state index contributed by atoms with van der Waals surface area (Å²) in [5.74, 6) is -0.315. The van der Waals surface area contributed by atoms with E-state index in [2.05, 4.69) is 0 Å². The van der Waals surface area contributed by atoms with Crippen molar-refractivity contribution < 1.29 is 15.4 Å². The molecule has 2 rings (SSSR count). The number of aldehydes is 1. The summed E-state index contributed by atoms with van der Waals surface area (Å²) in [7, 11) is 0. The zero-order chi connectivity index (χ0) is 11.5. The van der Waals surface area contributed by atoms with Crippen LogP contribution in [0.2, 0.25) is 0 Å². The topological polar surface area (TPSA) is 37.4 Å². The van der Waals surface area contributed by atoms with Crippen molar-refractivity contribution in [3.63, 3.8) is 0 Å². The van der Waals surface area contributed by atoms with E-state index >= 15 is 0 Å². The fourth-order valence-electron chi connectivity index (χ4n) is 1.89. The van der Waals surface area contributed by atoms with Gasteiger partial charge >= 0.3 is 0 Å². The number of benzene rings is 1. The number of hydrogen-bond acceptors (Lipinski definition) is 2. The van der Waals surface area contributed by atoms with E-state index in [-0.39, 0.29) is 19.2 Å². The van der Waals surface area contributed by atoms with Crippen molar-refractivity contribution >= 4 is 12.2 Å². The number of carbonyl (C=O) groups excluding carboxylic acids is 2. The molecule has 3 nitrogen and oxygen atoms in total. The molecule has 16 heavy (non-hydrogen) atoms. The normalized spacial score (nSPS) is 20.2. The van der Waals surface area contributed by atoms with Crippen LogP contribution in [0, 0.1) is 5.82 Å². The fraction of sp³-hybridized carbons (Fsp3) is 0.333. The van der Waals surface area contributed by atoms with E-state index in [9.17, 15) is 14.0 Å². The molecule has 1 aromatic carbocycles. The largest absolute Gasteiger partial charge is 0.329 e. The van der Waals surface area contributed by atoms with E-state index in [4.69, 9.17) is 0 Å². The summed E-state index contributed by atoms with van der Waals surface area (Å²) >= 11 is 0. The molecule has 0 aromatic heterocycles. The third kappa shape index (κ3) is 2.10. The summed E-state index contributed by atoms with van der Waals surface area (Å²) in [4.78, 5) is 23.8. The quantitative estimate of drug-likeness (QED) is 0.732. The molecule has 0 radical (unpaired) electrons. The number of carbonyl (C=O) groups is 2. The molecule has 1 fully saturated rings. The van der Waals surface area contributed by atoms with Crippen LogP contribution in [0.15, 0.2) is 24.3 Å². The molecule has 0 N–H and O–H groups in total. The first-order chi connectivity index (χ1) is 7.70. The summed E-state index contributed by atoms with van der Waals surface area (Å²) in [5.41, 5.74) is 0.837. The number of halogens is 1. The van der Waals surface area contributed by atoms with E-state index in [0.29, 0.717) is 19.4 Å². The predicted octanol–water partition coefficient (Wildman–Crippen LogP) is 1.76. The minimum absolute atomic E-state index is 0. The number of nitrogens with zero attached hydrogens (tertiary/aromatic N) is 1. The van der Waals surface area contributed by atoms with Gasteiger partial charge in [-0.25, -0.2) is 4.39 Å². The summed E-state index contributed by atoms with van der Waals surface area (Å²) in [6.45, 7) is 0.377. The van der Waals surface area contributed by atoms with Crippen molar-refractivity contribution in [3.8, 4) is 0 Å². The highest BCUT2D eigenvalue weighted by molar-refractivity contribution is 5.83. The van der Waals surface area contributed by atoms with Gasteiger partial charge in [-0.05, 0) is 24.1 Å². The van der Waals surface area contributed by atoms with Crippen LogP contribution in [-0.2, 0) is 16.1 Å². The maximum absolute atomic E-state index is 12.7. The Hall–Kier alpha value is -1.71. The molecule has 0 saturated carbocycles. The highest BCUT2D eigenvalue weighted by Gasteiger charge is 2.30. The average molecular weight is 223 g/mol. The third-order valence-corrected chi connectivity index (χ3v) is 2.80. The Kier molecular flexibility index (Phi) is 2.99. The lowest BCUT2D eigenvalue weighted by Crippen LogP contribution is -2.33. The SMILES string of the molecule is O=C[C@H]1CCC(=O)N1Cc1ccc(F)cc1.[HH]. The van der Waals surface area contributed by atoms with Crippen LogP contribution in [0.3, 0.4) is 0 Å². The van der Waals surface area contributed by atoms with Crippen LogP contribution in [0.25, 0.3) is 0 Å². The molecule has 0 spiro atoms. The number of amides is 1. The monoisotopic (exact) mass is 223 g/mol. The van der Waals surface area contributed by atoms with Crippen molar-refractivity contribution in [1.29, 1.82) is 0 Å². The van der Waals surface area contributed by atoms with E-state index in [1.807, 2.05) is 0 Å². The van der Waals surface area contributed by atoms with Gasteiger partial charge in [-0.1, -0.05) is 12.1 Å². The molecule has 4 heteroatoms. The van der Waals surface area contributed by atoms with Gasteiger partial charge in [0.25, 0.3) is 0 Å². The summed E-state index contributed by atoms with van der Waals surface area (Å²) in [5, 5.41) is 0. The minimum Gasteiger partial charge on any atom is -0.329 e. The van der Waals surface area contributed by atoms with E-state index in [1.165, 1.54) is 12.1 Å². The summed E-state index contributed by atoms with van der Waals surface area (Å²) < 4.78 is 12.7. The van der Waals surface area contributed by atoms with Crippen molar-refractivity contribution in [2.24, 2.45) is 0 Å². The second-order valence-electron chi connectivity index (χ2n) is 3.89. The molecule has 0 aliphatic carbocycles. The van der Waals surface area contributed by atoms with Crippen molar-refractivity contribution in [2.45, 2.75) is 25.4 Å². The number of hydrogen-bond donors (Lipinski definition) is 0. The van der Waals surface area contributed by atoms with Gasteiger partial charge in [0.2, 0.25) is 5.91 Å². The number of likely N-dealkylation sites (tertiary alicyclic amines) is 1. The highest BCUT2D eigenvalue weighted by Crippen LogP contribution is 2.20. The predicted molar refractivity (Wildman–Crippen MR) is 58.2 cm³/mol. The first-order valence-electron chi connectivity index (χ1n) is 5.20. The Morgan fingerprint density at radius 3 is 2.75 bits per heavy atom. The van der Waals surface area contributed by atoms with Gasteiger partial charge in [0.05, 0.1) is 6.04 Å². The molecule has 1 aliphatic rings. The standard InChI is InChI=1S/C12H12FNO2.H2/c13-10-3-1-9(2-4-10)7-14-11(8-15)5-6-12(14)16;/h1-4,8,11H,5-7H2;1H/t11-;/m1./s1. The Morgan fingerprint density at radius 2 is 2.12 bits per heavy atom. The van der Waals surface area contributed by atoms with Gasteiger partial charge in [0.1, 0.15) is 12.1 Å². The molecule has 86 valence electrons. The summed E-state index contributed by atoms with van der Waals surface area (Å²) in [6, 6.07) is 5.64. The molecule has 1 heterocycles. The van der Waals surface area contributed by atoms with Crippen molar-refractivity contribution in [3.05, 3.63) is 35.6 Å². The second-order valence-corrected chi connectivity index (χ2v) is 3.89. The Bertz CT molecular complexity index is 407. The molecule has 1 saturated heterocycles. The van der Waals surface area contributed by atoms with Crippen LogP contribution in [0.4, 0.5) is 4.39 Å². The van der Waals surface area contributed by atoms with Crippen LogP contribution >= 0.6 is 0 Å². The summed E-state index contributed by atoms with van der Waals surface area (Å²) in [6.07, 6.45) is 1.81. The first kappa shape index (κ1) is 10.8. The second kappa shape index (κ2) is 4.43. The van der Waals surface area contributed by atoms with Gasteiger partial charge in [0, 0.05) is 14.4 Å². The molecule has 1 amide bonds. The molecular weight excluding hydrogens is 209 g/mol. The molecule has 1 aromatic rings. The maximum atomic E-state index is 12.7. The minimum atomic E-state index is -0.322. The van der Waals surface area contributed by atoms with E-state index in [0.717, 1.165) is 11.8 Å². The Labute approximate surface area is 94.3 Å². The highest BCUT2D eigenvalue weighted by atomic mass is 19.1. The zero-order valence-corrected chi connectivity index (χ0v) is 8.73. The maximum Gasteiger partial charge on any atom is 0.223 e. The lowest BCUT2D eigenvalue weighted by atomic mass is 10.2. The van der Waals surface area contributed by atoms with Gasteiger partial charge in [-0.3, -0.25) is 4.79 Å². The lowest BCUT2D eigenvalue weighted by molar-refractivity contribution is -0.131. The van der Waals surface area contributed by atoms with Gasteiger partial charge in [0.15, 0.2) is 0 Å². The van der Waals surface area contributed by atoms with Crippen molar-refractivity contribution in [2.75, 3.05) is 0 Å². The van der Waals surface area contributed by atoms with Gasteiger partial charge in [-0.15, -0.1) is 0 Å². The fourth-order valence-corrected chi connectivity index (χ4v) is 1.89. The lowest BCUT2D eigenvalue weighted by Gasteiger charge is -2.20. The smallest absolute Gasteiger partial charge is 0.223 e. The Balaban J connectivity index is 0.00000144. The van der Waals surface area contributed by atoms with Crippen LogP contribution in [0.5, 0.6) is 0 Å². The van der Waals surface area contributed by atoms with Crippen LogP contribution in [0.1, 0.15) is 19.8 Å². The van der Waals surface area contributed by atoms with Crippen molar-refractivity contribution in [1.82, 2.24) is 4.90 Å². The Morgan fingerprint density at radius 1 is 1.44 bits per heavy atom. The third-order valence-electron chi connectivity index (χ3n) is 2.80. The average Bonchev–Trinajstić information content (AvgIpc) is 2.63. The van der Waals surface area contributed by atoms with E-state index in [1.54, 1.807) is 17.0 Å². The molecule has 1 atom stereocenters. The number of rotatable bonds is 3. The zero-order valence-electron chi connectivity index (χ0n) is 8.73. The molecular formula is C12H14FNO2. The first-order valence-corrected chi connectivity index (χ1v) is 5.20. The van der Waals surface area contributed by atoms with Gasteiger partial charge in [-0.2, -0.15) is 0 Å².